The van der Waals surface area contributed by atoms with Crippen molar-refractivity contribution in [1.29, 1.82) is 0 Å². The fourth-order valence-corrected chi connectivity index (χ4v) is 5.03. The molecule has 1 amide bonds. The third kappa shape index (κ3) is 4.51. The van der Waals surface area contributed by atoms with Gasteiger partial charge < -0.3 is 4.90 Å². The first kappa shape index (κ1) is 20.8. The number of thioether (sulfide) groups is 1. The third-order valence-corrected chi connectivity index (χ3v) is 6.60. The highest BCUT2D eigenvalue weighted by molar-refractivity contribution is 7.98. The maximum atomic E-state index is 13.6. The summed E-state index contributed by atoms with van der Waals surface area (Å²) in [6.07, 6.45) is 6.91. The lowest BCUT2D eigenvalue weighted by molar-refractivity contribution is -0.135. The predicted molar refractivity (Wildman–Crippen MR) is 118 cm³/mol. The van der Waals surface area contributed by atoms with Gasteiger partial charge in [-0.05, 0) is 49.1 Å². The van der Waals surface area contributed by atoms with Crippen molar-refractivity contribution < 1.29 is 9.18 Å². The molecule has 1 aromatic carbocycles. The summed E-state index contributed by atoms with van der Waals surface area (Å²) in [7, 11) is 0. The zero-order valence-electron chi connectivity index (χ0n) is 17.3. The average Bonchev–Trinajstić information content (AvgIpc) is 2.92. The standard InChI is InChI=1S/C23H27FN4OS/c1-2-20(22(29)27-13-5-3-4-6-14-27)28-21-19(11-8-12-25-21)26-23(28)30-16-17-9-7-10-18(24)15-17/h7-12,15,20H,2-6,13-14,16H2,1H3. The van der Waals surface area contributed by atoms with Crippen LogP contribution < -0.4 is 0 Å². The highest BCUT2D eigenvalue weighted by atomic mass is 32.2. The summed E-state index contributed by atoms with van der Waals surface area (Å²) in [5.41, 5.74) is 2.40. The van der Waals surface area contributed by atoms with Gasteiger partial charge in [-0.2, -0.15) is 0 Å². The smallest absolute Gasteiger partial charge is 0.245 e. The molecular weight excluding hydrogens is 399 g/mol. The van der Waals surface area contributed by atoms with Crippen molar-refractivity contribution in [2.24, 2.45) is 0 Å². The van der Waals surface area contributed by atoms with Gasteiger partial charge in [-0.15, -0.1) is 0 Å². The van der Waals surface area contributed by atoms with E-state index in [0.29, 0.717) is 12.2 Å². The van der Waals surface area contributed by atoms with Crippen LogP contribution in [0.1, 0.15) is 50.6 Å². The molecule has 7 heteroatoms. The molecule has 0 radical (unpaired) electrons. The first-order chi connectivity index (χ1) is 14.7. The number of nitrogens with zero attached hydrogens (tertiary/aromatic N) is 4. The Morgan fingerprint density at radius 2 is 1.97 bits per heavy atom. The normalized spacial score (nSPS) is 15.9. The van der Waals surface area contributed by atoms with Gasteiger partial charge in [-0.1, -0.05) is 43.7 Å². The molecule has 0 spiro atoms. The van der Waals surface area contributed by atoms with Crippen LogP contribution in [0.5, 0.6) is 0 Å². The summed E-state index contributed by atoms with van der Waals surface area (Å²) >= 11 is 1.52. The number of halogens is 1. The second-order valence-electron chi connectivity index (χ2n) is 7.69. The van der Waals surface area contributed by atoms with Gasteiger partial charge in [-0.3, -0.25) is 9.36 Å². The van der Waals surface area contributed by atoms with E-state index in [1.165, 1.54) is 36.7 Å². The summed E-state index contributed by atoms with van der Waals surface area (Å²) in [6.45, 7) is 3.68. The van der Waals surface area contributed by atoms with Crippen molar-refractivity contribution in [3.63, 3.8) is 0 Å². The number of imidazole rings is 1. The van der Waals surface area contributed by atoms with Crippen LogP contribution in [-0.2, 0) is 10.5 Å². The van der Waals surface area contributed by atoms with Gasteiger partial charge in [-0.25, -0.2) is 14.4 Å². The molecule has 1 fully saturated rings. The van der Waals surface area contributed by atoms with E-state index in [0.717, 1.165) is 47.8 Å². The lowest BCUT2D eigenvalue weighted by Gasteiger charge is -2.27. The number of amides is 1. The maximum absolute atomic E-state index is 13.6. The summed E-state index contributed by atoms with van der Waals surface area (Å²) in [5, 5.41) is 0.753. The number of hydrogen-bond donors (Lipinski definition) is 0. The Kier molecular flexibility index (Phi) is 6.67. The largest absolute Gasteiger partial charge is 0.341 e. The number of aromatic nitrogens is 3. The molecule has 5 nitrogen and oxygen atoms in total. The van der Waals surface area contributed by atoms with Crippen molar-refractivity contribution in [1.82, 2.24) is 19.4 Å². The lowest BCUT2D eigenvalue weighted by Crippen LogP contribution is -2.38. The van der Waals surface area contributed by atoms with Crippen LogP contribution >= 0.6 is 11.8 Å². The van der Waals surface area contributed by atoms with Crippen LogP contribution in [-0.4, -0.2) is 38.4 Å². The zero-order valence-corrected chi connectivity index (χ0v) is 18.1. The van der Waals surface area contributed by atoms with E-state index in [1.54, 1.807) is 12.3 Å². The number of fused-ring (bicyclic) bond motifs is 1. The molecule has 3 aromatic rings. The Bertz CT molecular complexity index is 1010. The maximum Gasteiger partial charge on any atom is 0.245 e. The SMILES string of the molecule is CCC(C(=O)N1CCCCCC1)n1c(SCc2cccc(F)c2)nc2cccnc21. The molecule has 4 rings (SSSR count). The number of pyridine rings is 1. The van der Waals surface area contributed by atoms with E-state index < -0.39 is 0 Å². The van der Waals surface area contributed by atoms with Gasteiger partial charge in [0, 0.05) is 25.0 Å². The quantitative estimate of drug-likeness (QED) is 0.507. The minimum Gasteiger partial charge on any atom is -0.341 e. The van der Waals surface area contributed by atoms with E-state index >= 15 is 0 Å². The van der Waals surface area contributed by atoms with E-state index in [4.69, 9.17) is 4.98 Å². The number of hydrogen-bond acceptors (Lipinski definition) is 4. The van der Waals surface area contributed by atoms with Gasteiger partial charge >= 0.3 is 0 Å². The van der Waals surface area contributed by atoms with Gasteiger partial charge in [0.2, 0.25) is 5.91 Å². The highest BCUT2D eigenvalue weighted by Crippen LogP contribution is 2.31. The van der Waals surface area contributed by atoms with Crippen LogP contribution in [0.25, 0.3) is 11.2 Å². The fourth-order valence-electron chi connectivity index (χ4n) is 4.04. The Hall–Kier alpha value is -2.41. The van der Waals surface area contributed by atoms with Gasteiger partial charge in [0.05, 0.1) is 0 Å². The molecule has 30 heavy (non-hydrogen) atoms. The van der Waals surface area contributed by atoms with Crippen molar-refractivity contribution in [3.05, 3.63) is 54.0 Å². The van der Waals surface area contributed by atoms with Gasteiger partial charge in [0.25, 0.3) is 0 Å². The van der Waals surface area contributed by atoms with Crippen molar-refractivity contribution in [2.75, 3.05) is 13.1 Å². The number of carbonyl (C=O) groups is 1. The molecule has 3 heterocycles. The predicted octanol–water partition coefficient (Wildman–Crippen LogP) is 5.22. The summed E-state index contributed by atoms with van der Waals surface area (Å²) in [5.74, 6) is 0.484. The Labute approximate surface area is 180 Å². The molecule has 0 N–H and O–H groups in total. The molecule has 2 aromatic heterocycles. The minimum absolute atomic E-state index is 0.150. The first-order valence-electron chi connectivity index (χ1n) is 10.7. The van der Waals surface area contributed by atoms with Crippen LogP contribution in [0, 0.1) is 5.82 Å². The monoisotopic (exact) mass is 426 g/mol. The molecule has 158 valence electrons. The molecule has 1 aliphatic heterocycles. The summed E-state index contributed by atoms with van der Waals surface area (Å²) in [4.78, 5) is 24.8. The second kappa shape index (κ2) is 9.60. The summed E-state index contributed by atoms with van der Waals surface area (Å²) < 4.78 is 15.6. The van der Waals surface area contributed by atoms with Crippen LogP contribution in [0.2, 0.25) is 0 Å². The third-order valence-electron chi connectivity index (χ3n) is 5.57. The molecular formula is C23H27FN4OS. The van der Waals surface area contributed by atoms with E-state index in [9.17, 15) is 9.18 Å². The molecule has 1 aliphatic rings. The number of benzene rings is 1. The van der Waals surface area contributed by atoms with Crippen LogP contribution in [0.4, 0.5) is 4.39 Å². The van der Waals surface area contributed by atoms with Gasteiger partial charge in [0.15, 0.2) is 10.8 Å². The Balaban J connectivity index is 1.66. The molecule has 0 aliphatic carbocycles. The lowest BCUT2D eigenvalue weighted by atomic mass is 10.2. The number of carbonyl (C=O) groups excluding carboxylic acids is 1. The zero-order chi connectivity index (χ0) is 20.9. The second-order valence-corrected chi connectivity index (χ2v) is 8.64. The molecule has 1 saturated heterocycles. The number of rotatable bonds is 6. The number of likely N-dealkylation sites (tertiary alicyclic amines) is 1. The van der Waals surface area contributed by atoms with Crippen molar-refractivity contribution >= 4 is 28.8 Å². The minimum atomic E-state index is -0.335. The fraction of sp³-hybridized carbons (Fsp3) is 0.435. The molecule has 0 saturated carbocycles. The van der Waals surface area contributed by atoms with E-state index in [2.05, 4.69) is 4.98 Å². The van der Waals surface area contributed by atoms with Crippen molar-refractivity contribution in [2.45, 2.75) is 56.0 Å². The van der Waals surface area contributed by atoms with E-state index in [-0.39, 0.29) is 17.8 Å². The molecule has 1 unspecified atom stereocenters. The molecule has 0 bridgehead atoms. The topological polar surface area (TPSA) is 51.0 Å². The summed E-state index contributed by atoms with van der Waals surface area (Å²) in [6, 6.07) is 10.1. The van der Waals surface area contributed by atoms with Crippen LogP contribution in [0.3, 0.4) is 0 Å². The Morgan fingerprint density at radius 1 is 1.17 bits per heavy atom. The van der Waals surface area contributed by atoms with Crippen LogP contribution in [0.15, 0.2) is 47.8 Å². The Morgan fingerprint density at radius 3 is 2.70 bits per heavy atom. The van der Waals surface area contributed by atoms with Crippen molar-refractivity contribution in [3.8, 4) is 0 Å². The van der Waals surface area contributed by atoms with Gasteiger partial charge in [0.1, 0.15) is 17.4 Å². The van der Waals surface area contributed by atoms with E-state index in [1.807, 2.05) is 34.6 Å². The average molecular weight is 427 g/mol. The molecule has 1 atom stereocenters. The first-order valence-corrected chi connectivity index (χ1v) is 11.6. The highest BCUT2D eigenvalue weighted by Gasteiger charge is 2.29.